The first-order valence-corrected chi connectivity index (χ1v) is 10.1. The summed E-state index contributed by atoms with van der Waals surface area (Å²) in [5, 5.41) is 0. The van der Waals surface area contributed by atoms with Crippen LogP contribution in [0.4, 0.5) is 35.1 Å². The summed E-state index contributed by atoms with van der Waals surface area (Å²) in [5.41, 5.74) is -6.11. The lowest BCUT2D eigenvalue weighted by Crippen LogP contribution is -2.00. The lowest BCUT2D eigenvalue weighted by Gasteiger charge is -2.03. The fraction of sp³-hybridized carbons (Fsp3) is 0.100. The van der Waals surface area contributed by atoms with E-state index >= 15 is 0 Å². The van der Waals surface area contributed by atoms with Crippen LogP contribution >= 0.6 is 0 Å². The molecule has 0 atom stereocenters. The first-order chi connectivity index (χ1) is 19.0. The topological polar surface area (TPSA) is 148 Å². The Morgan fingerprint density at radius 3 is 0.800 bits per heavy atom. The van der Waals surface area contributed by atoms with Crippen LogP contribution in [0.25, 0.3) is 45.7 Å². The Balaban J connectivity index is 2.17. The quantitative estimate of drug-likeness (QED) is 0.158. The molecule has 20 heteroatoms. The number of ether oxygens (including phenoxy) is 2. The lowest BCUT2D eigenvalue weighted by atomic mass is 10.3. The molecule has 5 aromatic rings. The summed E-state index contributed by atoms with van der Waals surface area (Å²) < 4.78 is 145. The van der Waals surface area contributed by atoms with Crippen LogP contribution in [0.3, 0.4) is 0 Å². The van der Waals surface area contributed by atoms with Gasteiger partial charge in [0.25, 0.3) is 0 Å². The monoisotopic (exact) mass is 578 g/mol. The molecule has 4 bridgehead atoms. The molecule has 0 fully saturated rings. The Morgan fingerprint density at radius 1 is 0.375 bits per heavy atom. The molecule has 0 saturated carbocycles. The van der Waals surface area contributed by atoms with Crippen LogP contribution in [0.15, 0.2) is 17.7 Å². The van der Waals surface area contributed by atoms with Crippen LogP contribution in [0, 0.1) is 46.5 Å². The molecule has 0 aliphatic heterocycles. The van der Waals surface area contributed by atoms with Gasteiger partial charge in [-0.2, -0.15) is 17.6 Å². The van der Waals surface area contributed by atoms with E-state index in [0.29, 0.717) is 0 Å². The molecule has 0 aliphatic rings. The van der Waals surface area contributed by atoms with E-state index in [1.54, 1.807) is 0 Å². The number of hydrogen-bond donors (Lipinski definition) is 0. The molecule has 5 rings (SSSR count). The molecule has 0 spiro atoms. The van der Waals surface area contributed by atoms with Crippen molar-refractivity contribution in [2.24, 2.45) is 0 Å². The zero-order valence-corrected chi connectivity index (χ0v) is 19.2. The molecular formula is C20H6F8N6O6. The molecule has 0 saturated heterocycles. The fourth-order valence-electron chi connectivity index (χ4n) is 2.92. The van der Waals surface area contributed by atoms with E-state index in [2.05, 4.69) is 29.9 Å². The summed E-state index contributed by atoms with van der Waals surface area (Å²) in [6, 6.07) is -1.52. The first kappa shape index (κ1) is 26.3. The molecule has 0 radical (unpaired) electrons. The fourth-order valence-corrected chi connectivity index (χ4v) is 2.92. The Morgan fingerprint density at radius 2 is 0.600 bits per heavy atom. The summed E-state index contributed by atoms with van der Waals surface area (Å²) in [7, 11) is 1.92. The highest BCUT2D eigenvalue weighted by atomic mass is 19.2. The molecule has 2 aromatic carbocycles. The van der Waals surface area contributed by atoms with Gasteiger partial charge in [0.2, 0.25) is 68.9 Å². The second-order valence-electron chi connectivity index (χ2n) is 7.01. The summed E-state index contributed by atoms with van der Waals surface area (Å²) in [6.45, 7) is 0. The number of fused-ring (bicyclic) bond motifs is 6. The number of halogens is 8. The average molecular weight is 578 g/mol. The molecular weight excluding hydrogens is 572 g/mol. The van der Waals surface area contributed by atoms with Gasteiger partial charge in [-0.1, -0.05) is 0 Å². The van der Waals surface area contributed by atoms with Gasteiger partial charge in [-0.05, 0) is 0 Å². The maximum absolute atomic E-state index is 14.7. The van der Waals surface area contributed by atoms with Gasteiger partial charge in [-0.3, -0.25) is 0 Å². The molecule has 0 unspecified atom stereocenters. The third kappa shape index (κ3) is 4.37. The van der Waals surface area contributed by atoms with Crippen LogP contribution in [-0.2, 0) is 0 Å². The summed E-state index contributed by atoms with van der Waals surface area (Å²) in [6.07, 6.45) is 0. The highest BCUT2D eigenvalue weighted by Gasteiger charge is 2.26. The number of aromatic nitrogens is 6. The molecule has 3 heterocycles. The average Bonchev–Trinajstić information content (AvgIpc) is 2.95. The van der Waals surface area contributed by atoms with Crippen molar-refractivity contribution in [3.63, 3.8) is 0 Å². The van der Waals surface area contributed by atoms with E-state index in [4.69, 9.17) is 27.1 Å². The van der Waals surface area contributed by atoms with Gasteiger partial charge in [-0.25, -0.2) is 17.6 Å². The van der Waals surface area contributed by atoms with Gasteiger partial charge in [0.15, 0.2) is 0 Å². The zero-order valence-electron chi connectivity index (χ0n) is 19.2. The van der Waals surface area contributed by atoms with Crippen molar-refractivity contribution in [2.75, 3.05) is 14.2 Å². The van der Waals surface area contributed by atoms with Gasteiger partial charge in [-0.15, -0.1) is 29.9 Å². The summed E-state index contributed by atoms with van der Waals surface area (Å²) >= 11 is 0. The molecule has 3 aromatic heterocycles. The predicted molar refractivity (Wildman–Crippen MR) is 109 cm³/mol. The van der Waals surface area contributed by atoms with Crippen molar-refractivity contribution >= 4 is 45.7 Å². The Bertz CT molecular complexity index is 1730. The van der Waals surface area contributed by atoms with E-state index in [9.17, 15) is 35.1 Å². The van der Waals surface area contributed by atoms with Crippen LogP contribution in [0.1, 0.15) is 0 Å². The third-order valence-electron chi connectivity index (χ3n) is 4.65. The zero-order chi connectivity index (χ0) is 28.9. The first-order valence-electron chi connectivity index (χ1n) is 10.1. The number of hydrogen-bond acceptors (Lipinski definition) is 12. The van der Waals surface area contributed by atoms with Crippen molar-refractivity contribution in [3.05, 3.63) is 46.5 Å². The summed E-state index contributed by atoms with van der Waals surface area (Å²) in [5.74, 6) is -22.7. The molecule has 0 aliphatic carbocycles. The number of methoxy groups -OCH3 is 2. The van der Waals surface area contributed by atoms with Gasteiger partial charge in [0.1, 0.15) is 0 Å². The largest absolute Gasteiger partial charge is 0.467 e. The van der Waals surface area contributed by atoms with Crippen LogP contribution in [-0.4, -0.2) is 44.1 Å². The summed E-state index contributed by atoms with van der Waals surface area (Å²) in [4.78, 5) is 20.8. The second kappa shape index (κ2) is 9.78. The van der Waals surface area contributed by atoms with Crippen molar-refractivity contribution in [1.82, 2.24) is 29.9 Å². The van der Waals surface area contributed by atoms with E-state index < -0.39 is 104 Å². The van der Waals surface area contributed by atoms with Gasteiger partial charge < -0.3 is 27.1 Å². The molecule has 0 amide bonds. The van der Waals surface area contributed by atoms with Gasteiger partial charge in [0.05, 0.1) is 14.2 Å². The van der Waals surface area contributed by atoms with Crippen molar-refractivity contribution in [2.45, 2.75) is 0 Å². The molecule has 12 nitrogen and oxygen atoms in total. The van der Waals surface area contributed by atoms with Crippen molar-refractivity contribution < 1.29 is 62.3 Å². The van der Waals surface area contributed by atoms with Crippen LogP contribution < -0.4 is 9.47 Å². The number of nitrogens with zero attached hydrogens (tertiary/aromatic N) is 6. The van der Waals surface area contributed by atoms with E-state index in [0.717, 1.165) is 14.2 Å². The second-order valence-corrected chi connectivity index (χ2v) is 7.01. The van der Waals surface area contributed by atoms with Crippen LogP contribution in [0.5, 0.6) is 12.0 Å². The van der Waals surface area contributed by atoms with Gasteiger partial charge >= 0.3 is 35.4 Å². The molecule has 0 N–H and O–H groups in total. The van der Waals surface area contributed by atoms with E-state index in [1.165, 1.54) is 0 Å². The van der Waals surface area contributed by atoms with Crippen LogP contribution in [0.2, 0.25) is 0 Å². The predicted octanol–water partition coefficient (Wildman–Crippen LogP) is 4.98. The Labute approximate surface area is 211 Å². The smallest absolute Gasteiger partial charge is 0.331 e. The maximum Gasteiger partial charge on any atom is 0.331 e. The standard InChI is InChI=1S/C20H6F8N6O6/c1-35-15-29-17-33-18(30-15)38-12-8(26)4(22)6(24)10(28)14(12)40-20-32-16(36-2)31-19(34-20)39-13-9(27)5(23)3(21)7(25)11(13)37-17/h1-2H3. The normalized spacial score (nSPS) is 11.2. The minimum atomic E-state index is -2.36. The maximum atomic E-state index is 14.7. The van der Waals surface area contributed by atoms with Crippen molar-refractivity contribution in [1.29, 1.82) is 0 Å². The minimum absolute atomic E-state index is 0.760. The number of rotatable bonds is 2. The highest BCUT2D eigenvalue weighted by molar-refractivity contribution is 5.73. The Hall–Kier alpha value is -5.30. The minimum Gasteiger partial charge on any atom is -0.467 e. The SMILES string of the molecule is COc1nc2nc(n1)oc1c(F)c(F)c(F)c(F)c1oc1nc(OC)nc(n1)oc1c(F)c(F)c(F)c(F)c1o2. The Kier molecular flexibility index (Phi) is 6.43. The molecule has 208 valence electrons. The van der Waals surface area contributed by atoms with Crippen molar-refractivity contribution in [3.8, 4) is 12.0 Å². The lowest BCUT2D eigenvalue weighted by molar-refractivity contribution is 0.369. The van der Waals surface area contributed by atoms with Gasteiger partial charge in [0, 0.05) is 0 Å². The van der Waals surface area contributed by atoms with E-state index in [1.807, 2.05) is 0 Å². The third-order valence-corrected chi connectivity index (χ3v) is 4.65. The molecule has 40 heavy (non-hydrogen) atoms. The highest BCUT2D eigenvalue weighted by Crippen LogP contribution is 2.29. The van der Waals surface area contributed by atoms with E-state index in [-0.39, 0.29) is 0 Å². The number of benzene rings is 2.